The molecule has 0 bridgehead atoms. The summed E-state index contributed by atoms with van der Waals surface area (Å²) in [6.45, 7) is 2.36. The average molecular weight is 344 g/mol. The minimum Gasteiger partial charge on any atom is -0.464 e. The van der Waals surface area contributed by atoms with Crippen LogP contribution in [0.5, 0.6) is 0 Å². The third-order valence-corrected chi connectivity index (χ3v) is 7.30. The molecule has 0 N–H and O–H groups in total. The largest absolute Gasteiger partial charge is 0.464 e. The summed E-state index contributed by atoms with van der Waals surface area (Å²) in [5.74, 6) is 0.109. The molecule has 3 rings (SSSR count). The molecule has 0 amide bonds. The zero-order chi connectivity index (χ0) is 15.9. The molecule has 1 aromatic heterocycles. The molecule has 0 radical (unpaired) electrons. The standard InChI is InChI=1S/C14H20N2O4S2/c1-9-12(14(17)20-2)15-13(21-9)11-4-3-7-16(11)22(18,19)8-10-5-6-10/h10-11H,3-8H2,1-2H3/t11-/m0/s1. The maximum Gasteiger partial charge on any atom is 0.357 e. The van der Waals surface area contributed by atoms with Crippen LogP contribution >= 0.6 is 11.3 Å². The summed E-state index contributed by atoms with van der Waals surface area (Å²) >= 11 is 1.39. The first-order chi connectivity index (χ1) is 10.4. The van der Waals surface area contributed by atoms with Crippen LogP contribution in [0, 0.1) is 12.8 Å². The van der Waals surface area contributed by atoms with Crippen LogP contribution in [-0.4, -0.2) is 43.1 Å². The number of ether oxygens (including phenoxy) is 1. The highest BCUT2D eigenvalue weighted by Gasteiger charge is 2.40. The van der Waals surface area contributed by atoms with Crippen LogP contribution in [0.4, 0.5) is 0 Å². The van der Waals surface area contributed by atoms with Gasteiger partial charge in [-0.2, -0.15) is 4.31 Å². The lowest BCUT2D eigenvalue weighted by Gasteiger charge is -2.22. The quantitative estimate of drug-likeness (QED) is 0.765. The number of nitrogens with zero attached hydrogens (tertiary/aromatic N) is 2. The Hall–Kier alpha value is -0.990. The van der Waals surface area contributed by atoms with Crippen LogP contribution in [0.25, 0.3) is 0 Å². The van der Waals surface area contributed by atoms with Gasteiger partial charge in [0.05, 0.1) is 18.9 Å². The number of methoxy groups -OCH3 is 1. The summed E-state index contributed by atoms with van der Waals surface area (Å²) < 4.78 is 31.4. The summed E-state index contributed by atoms with van der Waals surface area (Å²) in [7, 11) is -1.92. The van der Waals surface area contributed by atoms with Gasteiger partial charge in [-0.25, -0.2) is 18.2 Å². The predicted octanol–water partition coefficient (Wildman–Crippen LogP) is 2.11. The summed E-state index contributed by atoms with van der Waals surface area (Å²) in [6.07, 6.45) is 3.62. The van der Waals surface area contributed by atoms with Gasteiger partial charge in [0.15, 0.2) is 5.69 Å². The molecule has 2 heterocycles. The lowest BCUT2D eigenvalue weighted by molar-refractivity contribution is 0.0594. The Morgan fingerprint density at radius 2 is 2.14 bits per heavy atom. The highest BCUT2D eigenvalue weighted by atomic mass is 32.2. The average Bonchev–Trinajstić information content (AvgIpc) is 3.00. The van der Waals surface area contributed by atoms with E-state index in [0.717, 1.165) is 30.6 Å². The van der Waals surface area contributed by atoms with Gasteiger partial charge < -0.3 is 4.74 Å². The van der Waals surface area contributed by atoms with Crippen molar-refractivity contribution in [3.63, 3.8) is 0 Å². The van der Waals surface area contributed by atoms with Gasteiger partial charge in [0.2, 0.25) is 10.0 Å². The van der Waals surface area contributed by atoms with E-state index in [1.807, 2.05) is 6.92 Å². The maximum absolute atomic E-state index is 12.6. The molecule has 8 heteroatoms. The van der Waals surface area contributed by atoms with Crippen LogP contribution in [0.3, 0.4) is 0 Å². The van der Waals surface area contributed by atoms with Crippen LogP contribution in [-0.2, 0) is 14.8 Å². The van der Waals surface area contributed by atoms with E-state index in [2.05, 4.69) is 4.98 Å². The first-order valence-corrected chi connectivity index (χ1v) is 9.90. The Labute approximate surface area is 134 Å². The van der Waals surface area contributed by atoms with Crippen LogP contribution in [0.2, 0.25) is 0 Å². The molecular weight excluding hydrogens is 324 g/mol. The van der Waals surface area contributed by atoms with Gasteiger partial charge in [0, 0.05) is 11.4 Å². The molecule has 2 aliphatic rings. The fraction of sp³-hybridized carbons (Fsp3) is 0.714. The molecule has 1 saturated carbocycles. The Balaban J connectivity index is 1.85. The Bertz CT molecular complexity index is 679. The molecule has 1 atom stereocenters. The van der Waals surface area contributed by atoms with Crippen molar-refractivity contribution in [1.82, 2.24) is 9.29 Å². The molecule has 122 valence electrons. The highest BCUT2D eigenvalue weighted by Crippen LogP contribution is 2.39. The number of hydrogen-bond donors (Lipinski definition) is 0. The summed E-state index contributed by atoms with van der Waals surface area (Å²) in [5.41, 5.74) is 0.300. The van der Waals surface area contributed by atoms with Crippen LogP contribution in [0.15, 0.2) is 0 Å². The zero-order valence-corrected chi connectivity index (χ0v) is 14.4. The van der Waals surface area contributed by atoms with Crippen molar-refractivity contribution in [2.24, 2.45) is 5.92 Å². The summed E-state index contributed by atoms with van der Waals surface area (Å²) in [5, 5.41) is 0.703. The van der Waals surface area contributed by atoms with Gasteiger partial charge in [-0.15, -0.1) is 11.3 Å². The number of sulfonamides is 1. The second-order valence-corrected chi connectivity index (χ2v) is 9.14. The van der Waals surface area contributed by atoms with Crippen LogP contribution in [0.1, 0.15) is 52.1 Å². The number of aromatic nitrogens is 1. The van der Waals surface area contributed by atoms with Crippen molar-refractivity contribution >= 4 is 27.3 Å². The van der Waals surface area contributed by atoms with Gasteiger partial charge in [-0.05, 0) is 38.5 Å². The van der Waals surface area contributed by atoms with E-state index in [9.17, 15) is 13.2 Å². The number of carbonyl (C=O) groups excluding carboxylic acids is 1. The zero-order valence-electron chi connectivity index (χ0n) is 12.7. The van der Waals surface area contributed by atoms with Gasteiger partial charge >= 0.3 is 5.97 Å². The first kappa shape index (κ1) is 15.9. The highest BCUT2D eigenvalue weighted by molar-refractivity contribution is 7.89. The summed E-state index contributed by atoms with van der Waals surface area (Å²) in [4.78, 5) is 16.8. The van der Waals surface area contributed by atoms with E-state index >= 15 is 0 Å². The monoisotopic (exact) mass is 344 g/mol. The van der Waals surface area contributed by atoms with E-state index < -0.39 is 16.0 Å². The second kappa shape index (κ2) is 5.90. The molecule has 1 aliphatic heterocycles. The van der Waals surface area contributed by atoms with Crippen molar-refractivity contribution < 1.29 is 17.9 Å². The van der Waals surface area contributed by atoms with Gasteiger partial charge in [0.1, 0.15) is 5.01 Å². The van der Waals surface area contributed by atoms with Crippen molar-refractivity contribution in [3.05, 3.63) is 15.6 Å². The van der Waals surface area contributed by atoms with E-state index in [1.54, 1.807) is 4.31 Å². The van der Waals surface area contributed by atoms with Gasteiger partial charge in [-0.3, -0.25) is 0 Å². The smallest absolute Gasteiger partial charge is 0.357 e. The van der Waals surface area contributed by atoms with Gasteiger partial charge in [0.25, 0.3) is 0 Å². The number of rotatable bonds is 5. The molecule has 1 aliphatic carbocycles. The normalized spacial score (nSPS) is 22.9. The lowest BCUT2D eigenvalue weighted by atomic mass is 10.2. The SMILES string of the molecule is COC(=O)c1nc([C@@H]2CCCN2S(=O)(=O)CC2CC2)sc1C. The molecular formula is C14H20N2O4S2. The molecule has 0 unspecified atom stereocenters. The van der Waals surface area contributed by atoms with Crippen molar-refractivity contribution in [1.29, 1.82) is 0 Å². The topological polar surface area (TPSA) is 76.6 Å². The van der Waals surface area contributed by atoms with E-state index in [4.69, 9.17) is 4.74 Å². The number of aryl methyl sites for hydroxylation is 1. The lowest BCUT2D eigenvalue weighted by Crippen LogP contribution is -2.33. The van der Waals surface area contributed by atoms with Crippen molar-refractivity contribution in [3.8, 4) is 0 Å². The maximum atomic E-state index is 12.6. The molecule has 1 aromatic rings. The third kappa shape index (κ3) is 3.04. The van der Waals surface area contributed by atoms with Crippen molar-refractivity contribution in [2.45, 2.75) is 38.6 Å². The molecule has 22 heavy (non-hydrogen) atoms. The van der Waals surface area contributed by atoms with E-state index in [1.165, 1.54) is 18.4 Å². The minimum atomic E-state index is -3.24. The molecule has 6 nitrogen and oxygen atoms in total. The van der Waals surface area contributed by atoms with Gasteiger partial charge in [-0.1, -0.05) is 0 Å². The molecule has 0 spiro atoms. The third-order valence-electron chi connectivity index (χ3n) is 4.18. The molecule has 1 saturated heterocycles. The number of hydrogen-bond acceptors (Lipinski definition) is 6. The van der Waals surface area contributed by atoms with E-state index in [0.29, 0.717) is 23.2 Å². The number of thiazole rings is 1. The van der Waals surface area contributed by atoms with Crippen molar-refractivity contribution in [2.75, 3.05) is 19.4 Å². The Morgan fingerprint density at radius 1 is 1.41 bits per heavy atom. The van der Waals surface area contributed by atoms with Crippen LogP contribution < -0.4 is 0 Å². The molecule has 2 fully saturated rings. The van der Waals surface area contributed by atoms with E-state index in [-0.39, 0.29) is 11.8 Å². The Kier molecular flexibility index (Phi) is 4.26. The summed E-state index contributed by atoms with van der Waals surface area (Å²) in [6, 6.07) is -0.231. The first-order valence-electron chi connectivity index (χ1n) is 7.47. The minimum absolute atomic E-state index is 0.231. The molecule has 0 aromatic carbocycles. The number of carbonyl (C=O) groups is 1. The Morgan fingerprint density at radius 3 is 2.77 bits per heavy atom. The fourth-order valence-corrected chi connectivity index (χ4v) is 6.09. The predicted molar refractivity (Wildman–Crippen MR) is 83.4 cm³/mol. The number of esters is 1. The second-order valence-electron chi connectivity index (χ2n) is 5.94. The fourth-order valence-electron chi connectivity index (χ4n) is 2.84.